The Hall–Kier alpha value is -2.61. The lowest BCUT2D eigenvalue weighted by Gasteiger charge is -2.31. The van der Waals surface area contributed by atoms with E-state index in [1.54, 1.807) is 32.0 Å². The van der Waals surface area contributed by atoms with Gasteiger partial charge in [0.05, 0.1) is 24.8 Å². The molecule has 38 heavy (non-hydrogen) atoms. The van der Waals surface area contributed by atoms with Gasteiger partial charge in [0.15, 0.2) is 24.0 Å². The second-order valence-corrected chi connectivity index (χ2v) is 10.7. The maximum absolute atomic E-state index is 15.2. The van der Waals surface area contributed by atoms with Crippen LogP contribution in [0.2, 0.25) is 0 Å². The highest BCUT2D eigenvalue weighted by Gasteiger charge is 2.57. The van der Waals surface area contributed by atoms with Gasteiger partial charge in [0.25, 0.3) is 0 Å². The third-order valence-corrected chi connectivity index (χ3v) is 7.48. The summed E-state index contributed by atoms with van der Waals surface area (Å²) >= 11 is 6.02. The van der Waals surface area contributed by atoms with Gasteiger partial charge in [0.2, 0.25) is 0 Å². The van der Waals surface area contributed by atoms with Gasteiger partial charge in [-0.15, -0.1) is 11.6 Å². The molecule has 0 saturated carbocycles. The van der Waals surface area contributed by atoms with E-state index >= 15 is 4.39 Å². The molecule has 1 saturated heterocycles. The molecular weight excluding hydrogens is 553 g/mol. The average molecular weight is 581 g/mol. The summed E-state index contributed by atoms with van der Waals surface area (Å²) in [6.45, 7) is 3.77. The summed E-state index contributed by atoms with van der Waals surface area (Å²) in [5.74, 6) is -3.10. The normalized spacial score (nSPS) is 25.6. The molecule has 0 spiro atoms. The highest BCUT2D eigenvalue weighted by atomic mass is 35.5. The second kappa shape index (κ2) is 12.1. The minimum atomic E-state index is -4.45. The van der Waals surface area contributed by atoms with Gasteiger partial charge in [0.1, 0.15) is 23.5 Å². The maximum Gasteiger partial charge on any atom is 0.459 e. The summed E-state index contributed by atoms with van der Waals surface area (Å²) in [7, 11) is -4.45. The summed E-state index contributed by atoms with van der Waals surface area (Å²) < 4.78 is 65.0. The van der Waals surface area contributed by atoms with Crippen LogP contribution < -0.4 is 21.0 Å². The minimum Gasteiger partial charge on any atom is -0.462 e. The molecular formula is C22H28ClF2N4O8P. The number of hydrogen-bond acceptors (Lipinski definition) is 10. The van der Waals surface area contributed by atoms with Gasteiger partial charge in [-0.25, -0.2) is 18.1 Å². The number of nitrogens with zero attached hydrogens (tertiary/aromatic N) is 2. The first-order chi connectivity index (χ1) is 17.8. The Kier molecular flexibility index (Phi) is 9.50. The highest BCUT2D eigenvalue weighted by molar-refractivity contribution is 7.52. The third-order valence-electron chi connectivity index (χ3n) is 5.41. The van der Waals surface area contributed by atoms with Crippen molar-refractivity contribution in [2.24, 2.45) is 0 Å². The van der Waals surface area contributed by atoms with Crippen molar-refractivity contribution >= 4 is 31.1 Å². The predicted octanol–water partition coefficient (Wildman–Crippen LogP) is 2.30. The van der Waals surface area contributed by atoms with Crippen LogP contribution in [-0.2, 0) is 23.4 Å². The number of carbonyl (C=O) groups is 1. The van der Waals surface area contributed by atoms with Crippen molar-refractivity contribution in [1.82, 2.24) is 14.6 Å². The fourth-order valence-electron chi connectivity index (χ4n) is 3.47. The monoisotopic (exact) mass is 580 g/mol. The lowest BCUT2D eigenvalue weighted by molar-refractivity contribution is -0.149. The number of para-hydroxylation sites is 1. The smallest absolute Gasteiger partial charge is 0.459 e. The minimum absolute atomic E-state index is 0.0943. The molecule has 1 aromatic heterocycles. The quantitative estimate of drug-likeness (QED) is 0.203. The van der Waals surface area contributed by atoms with Crippen LogP contribution in [0.3, 0.4) is 0 Å². The zero-order valence-corrected chi connectivity index (χ0v) is 22.3. The fourth-order valence-corrected chi connectivity index (χ4v) is 5.31. The van der Waals surface area contributed by atoms with Gasteiger partial charge in [0, 0.05) is 0 Å². The van der Waals surface area contributed by atoms with E-state index in [0.29, 0.717) is 10.8 Å². The van der Waals surface area contributed by atoms with Crippen LogP contribution in [0.1, 0.15) is 27.0 Å². The van der Waals surface area contributed by atoms with Gasteiger partial charge in [-0.2, -0.15) is 10.1 Å². The van der Waals surface area contributed by atoms with Crippen molar-refractivity contribution in [3.05, 3.63) is 52.8 Å². The number of anilines is 1. The number of aromatic nitrogens is 2. The molecule has 4 N–H and O–H groups in total. The van der Waals surface area contributed by atoms with Gasteiger partial charge < -0.3 is 24.8 Å². The number of carbonyl (C=O) groups excluding carboxylic acids is 1. The molecule has 2 aromatic rings. The molecule has 0 bridgehead atoms. The number of nitrogens with two attached hydrogens (primary N) is 1. The number of nitrogen functional groups attached to an aromatic ring is 1. The predicted molar refractivity (Wildman–Crippen MR) is 132 cm³/mol. The fraction of sp³-hybridized carbons (Fsp3) is 0.500. The van der Waals surface area contributed by atoms with Gasteiger partial charge in [-0.3, -0.25) is 13.9 Å². The molecule has 12 nitrogen and oxygen atoms in total. The molecule has 0 aliphatic carbocycles. The number of halogens is 3. The zero-order valence-electron chi connectivity index (χ0n) is 20.6. The van der Waals surface area contributed by atoms with Crippen molar-refractivity contribution in [3.63, 3.8) is 0 Å². The summed E-state index contributed by atoms with van der Waals surface area (Å²) in [4.78, 5) is 27.8. The molecule has 0 amide bonds. The largest absolute Gasteiger partial charge is 0.462 e. The highest BCUT2D eigenvalue weighted by Crippen LogP contribution is 2.48. The molecule has 1 fully saturated rings. The molecule has 1 aliphatic rings. The molecule has 0 radical (unpaired) electrons. The average Bonchev–Trinajstić information content (AvgIpc) is 3.11. The summed E-state index contributed by atoms with van der Waals surface area (Å²) in [6.07, 6.45) is -6.08. The van der Waals surface area contributed by atoms with E-state index in [2.05, 4.69) is 10.1 Å². The number of hydrogen-bond donors (Lipinski definition) is 3. The molecule has 1 aliphatic heterocycles. The van der Waals surface area contributed by atoms with E-state index in [9.17, 15) is 23.7 Å². The SMILES string of the molecule is CC(C)OC(=O)[C@H](C)N[P@](=O)(OC[C@@]1(CCl)O[C@@H](n2cc(F)c(N)nc2=O)[C@@H](F)[C@@H]1O)Oc1ccccc1. The van der Waals surface area contributed by atoms with E-state index in [0.717, 1.165) is 0 Å². The number of benzene rings is 1. The van der Waals surface area contributed by atoms with Gasteiger partial charge in [-0.05, 0) is 32.9 Å². The first-order valence-corrected chi connectivity index (χ1v) is 13.5. The zero-order chi connectivity index (χ0) is 28.3. The van der Waals surface area contributed by atoms with Crippen molar-refractivity contribution in [3.8, 4) is 5.75 Å². The van der Waals surface area contributed by atoms with Crippen molar-refractivity contribution in [1.29, 1.82) is 0 Å². The van der Waals surface area contributed by atoms with Crippen molar-refractivity contribution in [2.75, 3.05) is 18.2 Å². The second-order valence-electron chi connectivity index (χ2n) is 8.77. The Morgan fingerprint density at radius 3 is 2.63 bits per heavy atom. The molecule has 0 unspecified atom stereocenters. The number of alkyl halides is 2. The topological polar surface area (TPSA) is 164 Å². The molecule has 16 heteroatoms. The van der Waals surface area contributed by atoms with E-state index < -0.39 is 79.8 Å². The molecule has 1 aromatic carbocycles. The number of aliphatic hydroxyl groups excluding tert-OH is 1. The van der Waals surface area contributed by atoms with Crippen LogP contribution >= 0.6 is 19.3 Å². The first kappa shape index (κ1) is 29.9. The van der Waals surface area contributed by atoms with Crippen LogP contribution in [0.4, 0.5) is 14.6 Å². The van der Waals surface area contributed by atoms with E-state index in [1.807, 2.05) is 0 Å². The lowest BCUT2D eigenvalue weighted by atomic mass is 9.99. The van der Waals surface area contributed by atoms with Crippen LogP contribution in [0.15, 0.2) is 41.3 Å². The third kappa shape index (κ3) is 6.68. The lowest BCUT2D eigenvalue weighted by Crippen LogP contribution is -2.48. The molecule has 2 heterocycles. The number of rotatable bonds is 11. The Morgan fingerprint density at radius 2 is 2.03 bits per heavy atom. The van der Waals surface area contributed by atoms with Crippen molar-refractivity contribution in [2.45, 2.75) is 57.0 Å². The standard InChI is InChI=1S/C22H28ClF2N4O8P/c1-12(2)35-20(31)13(3)28-38(33,37-14-7-5-4-6-8-14)34-11-22(10-23)17(30)16(25)19(36-22)29-9-15(24)18(26)27-21(29)32/h4-9,12-13,16-17,19,30H,10-11H2,1-3H3,(H,28,33)(H2,26,27,32)/t13-,16-,17-,19+,22+,38-/m0/s1. The Morgan fingerprint density at radius 1 is 1.37 bits per heavy atom. The van der Waals surface area contributed by atoms with Crippen LogP contribution in [-0.4, -0.2) is 63.1 Å². The number of nitrogens with one attached hydrogen (secondary N) is 1. The molecule has 3 rings (SSSR count). The number of esters is 1. The van der Waals surface area contributed by atoms with Gasteiger partial charge in [-0.1, -0.05) is 18.2 Å². The Balaban J connectivity index is 1.87. The van der Waals surface area contributed by atoms with E-state index in [-0.39, 0.29) is 5.75 Å². The van der Waals surface area contributed by atoms with Gasteiger partial charge >= 0.3 is 19.4 Å². The first-order valence-electron chi connectivity index (χ1n) is 11.4. The summed E-state index contributed by atoms with van der Waals surface area (Å²) in [5, 5.41) is 13.1. The van der Waals surface area contributed by atoms with Crippen LogP contribution in [0.5, 0.6) is 5.75 Å². The Bertz CT molecular complexity index is 1240. The molecule has 210 valence electrons. The van der Waals surface area contributed by atoms with E-state index in [4.69, 9.17) is 35.9 Å². The number of ether oxygens (including phenoxy) is 2. The van der Waals surface area contributed by atoms with Crippen molar-refractivity contribution < 1.29 is 41.8 Å². The van der Waals surface area contributed by atoms with Crippen LogP contribution in [0, 0.1) is 5.82 Å². The maximum atomic E-state index is 15.2. The molecule has 6 atom stereocenters. The Labute approximate surface area is 221 Å². The number of aliphatic hydroxyl groups is 1. The van der Waals surface area contributed by atoms with E-state index in [1.165, 1.54) is 19.1 Å². The summed E-state index contributed by atoms with van der Waals surface area (Å²) in [6, 6.07) is 6.62. The van der Waals surface area contributed by atoms with Crippen LogP contribution in [0.25, 0.3) is 0 Å². The summed E-state index contributed by atoms with van der Waals surface area (Å²) in [5.41, 5.74) is 2.04.